The lowest BCUT2D eigenvalue weighted by atomic mass is 9.34. The lowest BCUT2D eigenvalue weighted by Crippen LogP contribution is -2.57. The first-order valence-corrected chi connectivity index (χ1v) is 12.0. The average molecular weight is 480 g/mol. The molecule has 4 heterocycles. The topological polar surface area (TPSA) is 66.6 Å². The number of rotatable bonds is 3. The van der Waals surface area contributed by atoms with E-state index in [0.29, 0.717) is 17.5 Å². The zero-order chi connectivity index (χ0) is 24.3. The number of fused-ring (bicyclic) bond motifs is 5. The van der Waals surface area contributed by atoms with Crippen molar-refractivity contribution in [3.05, 3.63) is 103 Å². The molecule has 0 bridgehead atoms. The third-order valence-corrected chi connectivity index (χ3v) is 6.77. The van der Waals surface area contributed by atoms with E-state index in [9.17, 15) is 0 Å². The molecule has 0 spiro atoms. The number of para-hydroxylation sites is 2. The lowest BCUT2D eigenvalue weighted by molar-refractivity contribution is 0.454. The molecule has 0 fully saturated rings. The average Bonchev–Trinajstić information content (AvgIpc) is 3.38. The first kappa shape index (κ1) is 20.2. The monoisotopic (exact) mass is 480 g/mol. The van der Waals surface area contributed by atoms with Crippen molar-refractivity contribution >= 4 is 34.2 Å². The zero-order valence-electron chi connectivity index (χ0n) is 19.4. The quantitative estimate of drug-likeness (QED) is 0.315. The van der Waals surface area contributed by atoms with E-state index in [1.807, 2.05) is 91.0 Å². The van der Waals surface area contributed by atoms with Crippen molar-refractivity contribution in [2.45, 2.75) is 0 Å². The maximum Gasteiger partial charge on any atom is 0.260 e. The van der Waals surface area contributed by atoms with Crippen molar-refractivity contribution in [3.63, 3.8) is 0 Å². The molecule has 4 aromatic carbocycles. The Bertz CT molecular complexity index is 1790. The van der Waals surface area contributed by atoms with Gasteiger partial charge >= 0.3 is 0 Å². The molecular weight excluding hydrogens is 463 g/mol. The summed E-state index contributed by atoms with van der Waals surface area (Å²) in [6, 6.07) is 31.2. The molecule has 6 aromatic rings. The fraction of sp³-hybridized carbons (Fsp3) is 0. The summed E-state index contributed by atoms with van der Waals surface area (Å²) in [7, 11) is 0. The van der Waals surface area contributed by atoms with Crippen LogP contribution in [0.2, 0.25) is 0 Å². The maximum atomic E-state index is 6.34. The Morgan fingerprint density at radius 1 is 0.676 bits per heavy atom. The minimum Gasteiger partial charge on any atom is -0.458 e. The number of hydrogen-bond acceptors (Lipinski definition) is 6. The van der Waals surface area contributed by atoms with Gasteiger partial charge in [0.05, 0.1) is 0 Å². The van der Waals surface area contributed by atoms with E-state index in [-0.39, 0.29) is 6.71 Å². The summed E-state index contributed by atoms with van der Waals surface area (Å²) in [5.41, 5.74) is 5.46. The standard InChI is InChI=1S/C30H17BN2O4/c1-2-7-25-22(6-1)33-30(37-25)18-11-13-23-20(16-18)31-21-17-19(34-28-10-3-4-15-32-28)12-14-24(21)36-27-9-5-8-26(35-23)29(27)31/h1-17H. The van der Waals surface area contributed by atoms with Crippen molar-refractivity contribution in [1.29, 1.82) is 0 Å². The number of aromatic nitrogens is 2. The Morgan fingerprint density at radius 2 is 1.46 bits per heavy atom. The van der Waals surface area contributed by atoms with Gasteiger partial charge in [-0.3, -0.25) is 0 Å². The highest BCUT2D eigenvalue weighted by atomic mass is 16.5. The molecule has 0 atom stereocenters. The minimum atomic E-state index is -0.115. The molecule has 0 aliphatic carbocycles. The van der Waals surface area contributed by atoms with Crippen LogP contribution in [0.4, 0.5) is 0 Å². The summed E-state index contributed by atoms with van der Waals surface area (Å²) in [5.74, 6) is 4.93. The van der Waals surface area contributed by atoms with Gasteiger partial charge in [-0.2, -0.15) is 0 Å². The van der Waals surface area contributed by atoms with Crippen LogP contribution in [0.25, 0.3) is 22.6 Å². The lowest BCUT2D eigenvalue weighted by Gasteiger charge is -2.33. The molecule has 0 amide bonds. The van der Waals surface area contributed by atoms with Gasteiger partial charge in [-0.1, -0.05) is 30.3 Å². The van der Waals surface area contributed by atoms with E-state index in [1.165, 1.54) is 0 Å². The van der Waals surface area contributed by atoms with Gasteiger partial charge in [-0.15, -0.1) is 0 Å². The molecule has 8 rings (SSSR count). The van der Waals surface area contributed by atoms with Crippen LogP contribution in [0.3, 0.4) is 0 Å². The van der Waals surface area contributed by atoms with Gasteiger partial charge in [0, 0.05) is 23.3 Å². The van der Waals surface area contributed by atoms with Crippen LogP contribution in [0.15, 0.2) is 108 Å². The Kier molecular flexibility index (Phi) is 4.22. The molecule has 6 nitrogen and oxygen atoms in total. The van der Waals surface area contributed by atoms with Gasteiger partial charge in [0.2, 0.25) is 11.8 Å². The summed E-state index contributed by atoms with van der Waals surface area (Å²) >= 11 is 0. The van der Waals surface area contributed by atoms with Crippen molar-refractivity contribution in [3.8, 4) is 46.1 Å². The molecule has 0 saturated heterocycles. The fourth-order valence-electron chi connectivity index (χ4n) is 5.13. The fourth-order valence-corrected chi connectivity index (χ4v) is 5.13. The SMILES string of the molecule is c1ccc(Oc2ccc3c(c2)B2c4cc(-c5nc6ccccc6o5)ccc4Oc4cccc(c42)O3)nc1. The highest BCUT2D eigenvalue weighted by Crippen LogP contribution is 2.36. The number of oxazole rings is 1. The van der Waals surface area contributed by atoms with E-state index in [0.717, 1.165) is 56.0 Å². The predicted molar refractivity (Wildman–Crippen MR) is 141 cm³/mol. The van der Waals surface area contributed by atoms with Crippen molar-refractivity contribution in [2.24, 2.45) is 0 Å². The normalized spacial score (nSPS) is 12.7. The second-order valence-corrected chi connectivity index (χ2v) is 9.01. The molecule has 174 valence electrons. The number of pyridine rings is 1. The van der Waals surface area contributed by atoms with Crippen LogP contribution in [0.5, 0.6) is 34.6 Å². The van der Waals surface area contributed by atoms with Crippen LogP contribution < -0.4 is 30.6 Å². The molecule has 7 heteroatoms. The summed E-state index contributed by atoms with van der Waals surface area (Å²) < 4.78 is 24.8. The molecule has 2 aliphatic rings. The molecule has 37 heavy (non-hydrogen) atoms. The van der Waals surface area contributed by atoms with E-state index in [1.54, 1.807) is 6.20 Å². The molecule has 2 aromatic heterocycles. The Balaban J connectivity index is 1.29. The van der Waals surface area contributed by atoms with E-state index in [2.05, 4.69) is 11.1 Å². The minimum absolute atomic E-state index is 0.115. The van der Waals surface area contributed by atoms with Gasteiger partial charge in [0.15, 0.2) is 5.58 Å². The predicted octanol–water partition coefficient (Wildman–Crippen LogP) is 5.41. The number of nitrogens with zero attached hydrogens (tertiary/aromatic N) is 2. The summed E-state index contributed by atoms with van der Waals surface area (Å²) in [5, 5.41) is 0. The van der Waals surface area contributed by atoms with Crippen LogP contribution in [0.1, 0.15) is 0 Å². The van der Waals surface area contributed by atoms with Crippen LogP contribution in [-0.4, -0.2) is 16.7 Å². The molecular formula is C30H17BN2O4. The van der Waals surface area contributed by atoms with Crippen molar-refractivity contribution in [1.82, 2.24) is 9.97 Å². The summed E-state index contributed by atoms with van der Waals surface area (Å²) in [6.45, 7) is -0.115. The smallest absolute Gasteiger partial charge is 0.260 e. The van der Waals surface area contributed by atoms with Gasteiger partial charge < -0.3 is 18.6 Å². The van der Waals surface area contributed by atoms with Crippen LogP contribution >= 0.6 is 0 Å². The van der Waals surface area contributed by atoms with E-state index >= 15 is 0 Å². The first-order chi connectivity index (χ1) is 18.3. The molecule has 0 unspecified atom stereocenters. The maximum absolute atomic E-state index is 6.34. The van der Waals surface area contributed by atoms with Gasteiger partial charge in [0.25, 0.3) is 6.71 Å². The Morgan fingerprint density at radius 3 is 2.27 bits per heavy atom. The number of ether oxygens (including phenoxy) is 3. The first-order valence-electron chi connectivity index (χ1n) is 12.0. The Labute approximate surface area is 212 Å². The largest absolute Gasteiger partial charge is 0.458 e. The number of hydrogen-bond donors (Lipinski definition) is 0. The third kappa shape index (κ3) is 3.21. The van der Waals surface area contributed by atoms with Crippen LogP contribution in [-0.2, 0) is 0 Å². The molecule has 0 N–H and O–H groups in total. The Hall–Kier alpha value is -5.04. The zero-order valence-corrected chi connectivity index (χ0v) is 19.4. The van der Waals surface area contributed by atoms with Crippen molar-refractivity contribution in [2.75, 3.05) is 0 Å². The highest BCUT2D eigenvalue weighted by Gasteiger charge is 2.40. The molecule has 0 saturated carbocycles. The second kappa shape index (κ2) is 7.73. The van der Waals surface area contributed by atoms with Crippen molar-refractivity contribution < 1.29 is 18.6 Å². The van der Waals surface area contributed by atoms with Crippen LogP contribution in [0, 0.1) is 0 Å². The summed E-state index contributed by atoms with van der Waals surface area (Å²) in [6.07, 6.45) is 1.71. The highest BCUT2D eigenvalue weighted by molar-refractivity contribution is 6.98. The molecule has 2 aliphatic heterocycles. The third-order valence-electron chi connectivity index (χ3n) is 6.77. The number of benzene rings is 4. The van der Waals surface area contributed by atoms with E-state index in [4.69, 9.17) is 23.6 Å². The van der Waals surface area contributed by atoms with Gasteiger partial charge in [-0.05, 0) is 71.6 Å². The van der Waals surface area contributed by atoms with Gasteiger partial charge in [-0.25, -0.2) is 9.97 Å². The molecule has 0 radical (unpaired) electrons. The van der Waals surface area contributed by atoms with E-state index < -0.39 is 0 Å². The summed E-state index contributed by atoms with van der Waals surface area (Å²) in [4.78, 5) is 9.00. The van der Waals surface area contributed by atoms with Gasteiger partial charge in [0.1, 0.15) is 34.3 Å². The second-order valence-electron chi connectivity index (χ2n) is 9.01.